The average molecular weight is 362 g/mol. The molecule has 0 unspecified atom stereocenters. The standard InChI is InChI=1S/C22H26N4O/c1-2-27-22-11-7-6-10-21(22)25-14-12-24(13-15-25)17-19-16-23-26(18-19)20-8-4-3-5-9-20/h3-11,16,18H,2,12-15,17H2,1H3. The number of benzene rings is 2. The van der Waals surface area contributed by atoms with Gasteiger partial charge in [0.1, 0.15) is 5.75 Å². The first-order chi connectivity index (χ1) is 13.3. The molecule has 5 nitrogen and oxygen atoms in total. The molecule has 1 aliphatic heterocycles. The lowest BCUT2D eigenvalue weighted by Gasteiger charge is -2.36. The first-order valence-corrected chi connectivity index (χ1v) is 9.61. The summed E-state index contributed by atoms with van der Waals surface area (Å²) in [5.74, 6) is 0.984. The van der Waals surface area contributed by atoms with Crippen LogP contribution in [0.15, 0.2) is 67.0 Å². The minimum absolute atomic E-state index is 0.697. The van der Waals surface area contributed by atoms with Gasteiger partial charge in [0.25, 0.3) is 0 Å². The van der Waals surface area contributed by atoms with E-state index in [0.29, 0.717) is 6.61 Å². The molecule has 1 aromatic heterocycles. The monoisotopic (exact) mass is 362 g/mol. The van der Waals surface area contributed by atoms with Crippen LogP contribution in [-0.4, -0.2) is 47.5 Å². The molecule has 0 saturated carbocycles. The summed E-state index contributed by atoms with van der Waals surface area (Å²) < 4.78 is 7.74. The van der Waals surface area contributed by atoms with Crippen molar-refractivity contribution in [3.63, 3.8) is 0 Å². The number of rotatable bonds is 6. The van der Waals surface area contributed by atoms with E-state index >= 15 is 0 Å². The second kappa shape index (κ2) is 8.27. The van der Waals surface area contributed by atoms with Gasteiger partial charge in [0.15, 0.2) is 0 Å². The molecule has 0 radical (unpaired) electrons. The molecule has 0 bridgehead atoms. The molecule has 2 aromatic carbocycles. The van der Waals surface area contributed by atoms with Crippen molar-refractivity contribution in [1.29, 1.82) is 0 Å². The molecule has 0 N–H and O–H groups in total. The number of anilines is 1. The molecular formula is C22H26N4O. The Morgan fingerprint density at radius 3 is 2.44 bits per heavy atom. The highest BCUT2D eigenvalue weighted by Gasteiger charge is 2.20. The van der Waals surface area contributed by atoms with E-state index in [-0.39, 0.29) is 0 Å². The summed E-state index contributed by atoms with van der Waals surface area (Å²) in [5, 5.41) is 4.51. The van der Waals surface area contributed by atoms with E-state index in [1.807, 2.05) is 42.1 Å². The molecule has 140 valence electrons. The normalized spacial score (nSPS) is 15.1. The third-order valence-corrected chi connectivity index (χ3v) is 4.94. The number of piperazine rings is 1. The Morgan fingerprint density at radius 1 is 0.926 bits per heavy atom. The third kappa shape index (κ3) is 4.14. The Balaban J connectivity index is 1.36. The van der Waals surface area contributed by atoms with E-state index in [2.05, 4.69) is 51.4 Å². The van der Waals surface area contributed by atoms with Crippen molar-refractivity contribution in [1.82, 2.24) is 14.7 Å². The fraction of sp³-hybridized carbons (Fsp3) is 0.318. The highest BCUT2D eigenvalue weighted by Crippen LogP contribution is 2.29. The van der Waals surface area contributed by atoms with Crippen molar-refractivity contribution < 1.29 is 4.74 Å². The maximum Gasteiger partial charge on any atom is 0.142 e. The first kappa shape index (κ1) is 17.6. The van der Waals surface area contributed by atoms with Crippen LogP contribution in [0.5, 0.6) is 5.75 Å². The maximum absolute atomic E-state index is 5.79. The van der Waals surface area contributed by atoms with Crippen LogP contribution in [0.1, 0.15) is 12.5 Å². The summed E-state index contributed by atoms with van der Waals surface area (Å²) in [6.07, 6.45) is 4.11. The van der Waals surface area contributed by atoms with Gasteiger partial charge >= 0.3 is 0 Å². The quantitative estimate of drug-likeness (QED) is 0.671. The van der Waals surface area contributed by atoms with Crippen LogP contribution in [0.4, 0.5) is 5.69 Å². The summed E-state index contributed by atoms with van der Waals surface area (Å²) in [7, 11) is 0. The molecule has 3 aromatic rings. The Kier molecular flexibility index (Phi) is 5.39. The fourth-order valence-electron chi connectivity index (χ4n) is 3.56. The zero-order chi connectivity index (χ0) is 18.5. The van der Waals surface area contributed by atoms with Crippen LogP contribution >= 0.6 is 0 Å². The maximum atomic E-state index is 5.79. The number of hydrogen-bond donors (Lipinski definition) is 0. The summed E-state index contributed by atoms with van der Waals surface area (Å²) in [6.45, 7) is 7.77. The topological polar surface area (TPSA) is 33.5 Å². The number of ether oxygens (including phenoxy) is 1. The zero-order valence-corrected chi connectivity index (χ0v) is 15.8. The van der Waals surface area contributed by atoms with E-state index in [0.717, 1.165) is 44.2 Å². The fourth-order valence-corrected chi connectivity index (χ4v) is 3.56. The molecule has 0 aliphatic carbocycles. The van der Waals surface area contributed by atoms with Gasteiger partial charge in [-0.3, -0.25) is 4.90 Å². The minimum atomic E-state index is 0.697. The van der Waals surface area contributed by atoms with Crippen molar-refractivity contribution in [2.24, 2.45) is 0 Å². The average Bonchev–Trinajstić information content (AvgIpc) is 3.19. The lowest BCUT2D eigenvalue weighted by Crippen LogP contribution is -2.46. The molecule has 27 heavy (non-hydrogen) atoms. The van der Waals surface area contributed by atoms with Crippen molar-refractivity contribution in [3.8, 4) is 11.4 Å². The molecule has 0 amide bonds. The van der Waals surface area contributed by atoms with Gasteiger partial charge in [0.2, 0.25) is 0 Å². The van der Waals surface area contributed by atoms with Crippen LogP contribution in [0.2, 0.25) is 0 Å². The molecule has 4 rings (SSSR count). The second-order valence-corrected chi connectivity index (χ2v) is 6.79. The van der Waals surface area contributed by atoms with E-state index in [1.54, 1.807) is 0 Å². The largest absolute Gasteiger partial charge is 0.492 e. The first-order valence-electron chi connectivity index (χ1n) is 9.61. The summed E-state index contributed by atoms with van der Waals surface area (Å²) in [4.78, 5) is 4.92. The predicted octanol–water partition coefficient (Wildman–Crippen LogP) is 3.59. The van der Waals surface area contributed by atoms with Crippen molar-refractivity contribution >= 4 is 5.69 Å². The van der Waals surface area contributed by atoms with Gasteiger partial charge in [-0.05, 0) is 31.2 Å². The second-order valence-electron chi connectivity index (χ2n) is 6.79. The zero-order valence-electron chi connectivity index (χ0n) is 15.8. The molecule has 5 heteroatoms. The van der Waals surface area contributed by atoms with Crippen molar-refractivity contribution in [3.05, 3.63) is 72.6 Å². The number of para-hydroxylation sites is 3. The predicted molar refractivity (Wildman–Crippen MR) is 109 cm³/mol. The van der Waals surface area contributed by atoms with Gasteiger partial charge in [-0.2, -0.15) is 5.10 Å². The molecule has 1 saturated heterocycles. The summed E-state index contributed by atoms with van der Waals surface area (Å²) in [6, 6.07) is 18.6. The van der Waals surface area contributed by atoms with Crippen LogP contribution in [-0.2, 0) is 6.54 Å². The summed E-state index contributed by atoms with van der Waals surface area (Å²) in [5.41, 5.74) is 3.55. The van der Waals surface area contributed by atoms with Crippen molar-refractivity contribution in [2.75, 3.05) is 37.7 Å². The number of aromatic nitrogens is 2. The van der Waals surface area contributed by atoms with Crippen LogP contribution in [0.3, 0.4) is 0 Å². The third-order valence-electron chi connectivity index (χ3n) is 4.94. The molecule has 0 atom stereocenters. The van der Waals surface area contributed by atoms with Gasteiger partial charge in [-0.15, -0.1) is 0 Å². The van der Waals surface area contributed by atoms with E-state index in [1.165, 1.54) is 11.3 Å². The lowest BCUT2D eigenvalue weighted by molar-refractivity contribution is 0.248. The number of nitrogens with zero attached hydrogens (tertiary/aromatic N) is 4. The van der Waals surface area contributed by atoms with Gasteiger partial charge in [0.05, 0.1) is 24.2 Å². The molecule has 0 spiro atoms. The van der Waals surface area contributed by atoms with Crippen LogP contribution in [0, 0.1) is 0 Å². The van der Waals surface area contributed by atoms with E-state index < -0.39 is 0 Å². The molecule has 1 fully saturated rings. The lowest BCUT2D eigenvalue weighted by atomic mass is 10.2. The van der Waals surface area contributed by atoms with Crippen molar-refractivity contribution in [2.45, 2.75) is 13.5 Å². The van der Waals surface area contributed by atoms with Gasteiger partial charge in [-0.1, -0.05) is 30.3 Å². The van der Waals surface area contributed by atoms with E-state index in [9.17, 15) is 0 Å². The van der Waals surface area contributed by atoms with Gasteiger partial charge < -0.3 is 9.64 Å². The minimum Gasteiger partial charge on any atom is -0.492 e. The number of hydrogen-bond acceptors (Lipinski definition) is 4. The van der Waals surface area contributed by atoms with Gasteiger partial charge in [-0.25, -0.2) is 4.68 Å². The Morgan fingerprint density at radius 2 is 1.67 bits per heavy atom. The van der Waals surface area contributed by atoms with E-state index in [4.69, 9.17) is 4.74 Å². The summed E-state index contributed by atoms with van der Waals surface area (Å²) >= 11 is 0. The Hall–Kier alpha value is -2.79. The Labute approximate surface area is 160 Å². The highest BCUT2D eigenvalue weighted by atomic mass is 16.5. The molecule has 1 aliphatic rings. The van der Waals surface area contributed by atoms with Crippen LogP contribution < -0.4 is 9.64 Å². The van der Waals surface area contributed by atoms with Gasteiger partial charge in [0, 0.05) is 44.5 Å². The SMILES string of the molecule is CCOc1ccccc1N1CCN(Cc2cnn(-c3ccccc3)c2)CC1. The smallest absolute Gasteiger partial charge is 0.142 e. The van der Waals surface area contributed by atoms with Crippen LogP contribution in [0.25, 0.3) is 5.69 Å². The highest BCUT2D eigenvalue weighted by molar-refractivity contribution is 5.58. The molecular weight excluding hydrogens is 336 g/mol. The Bertz CT molecular complexity index is 854. The molecule has 2 heterocycles.